The van der Waals surface area contributed by atoms with Crippen LogP contribution in [0.2, 0.25) is 0 Å². The van der Waals surface area contributed by atoms with Gasteiger partial charge in [0.1, 0.15) is 23.7 Å². The Hall–Kier alpha value is -5.09. The maximum atomic E-state index is 12.5. The molecule has 206 valence electrons. The van der Waals surface area contributed by atoms with E-state index in [0.717, 1.165) is 5.56 Å². The van der Waals surface area contributed by atoms with Crippen LogP contribution in [0.5, 0.6) is 5.75 Å². The van der Waals surface area contributed by atoms with E-state index < -0.39 is 0 Å². The quantitative estimate of drug-likeness (QED) is 0.179. The lowest BCUT2D eigenvalue weighted by atomic mass is 10.1. The second kappa shape index (κ2) is 11.6. The predicted molar refractivity (Wildman–Crippen MR) is 150 cm³/mol. The fourth-order valence-electron chi connectivity index (χ4n) is 4.68. The second-order valence-corrected chi connectivity index (χ2v) is 9.49. The summed E-state index contributed by atoms with van der Waals surface area (Å²) >= 11 is 0. The van der Waals surface area contributed by atoms with Crippen LogP contribution >= 0.6 is 0 Å². The zero-order chi connectivity index (χ0) is 28.2. The SMILES string of the molecule is O=C1c2ccccc2C(=O)N1CCc1cn(CCOCCOc2ccc3c(=O)cc(-c4ccccc4)oc3c2)nn1. The van der Waals surface area contributed by atoms with Crippen LogP contribution in [0.3, 0.4) is 0 Å². The van der Waals surface area contributed by atoms with Crippen LogP contribution in [-0.4, -0.2) is 58.1 Å². The van der Waals surface area contributed by atoms with E-state index >= 15 is 0 Å². The molecule has 0 bridgehead atoms. The molecule has 0 saturated heterocycles. The van der Waals surface area contributed by atoms with Crippen molar-refractivity contribution in [2.45, 2.75) is 13.0 Å². The Bertz CT molecular complexity index is 1740. The maximum Gasteiger partial charge on any atom is 0.261 e. The number of imide groups is 1. The minimum absolute atomic E-state index is 0.111. The molecule has 0 radical (unpaired) electrons. The van der Waals surface area contributed by atoms with Crippen LogP contribution in [0.25, 0.3) is 22.3 Å². The van der Waals surface area contributed by atoms with Crippen LogP contribution in [-0.2, 0) is 17.7 Å². The number of nitrogens with zero attached hydrogens (tertiary/aromatic N) is 4. The topological polar surface area (TPSA) is 117 Å². The third-order valence-electron chi connectivity index (χ3n) is 6.78. The van der Waals surface area contributed by atoms with E-state index in [1.165, 1.54) is 11.0 Å². The van der Waals surface area contributed by atoms with Gasteiger partial charge in [0.15, 0.2) is 5.43 Å². The van der Waals surface area contributed by atoms with Gasteiger partial charge >= 0.3 is 0 Å². The standard InChI is InChI=1S/C31H26N4O6/c36-27-19-28(21-6-2-1-3-7-21)41-29-18-23(10-11-26(27)29)40-17-16-39-15-14-34-20-22(32-33-34)12-13-35-30(37)24-8-4-5-9-25(24)31(35)38/h1-11,18-20H,12-17H2. The Labute approximate surface area is 234 Å². The minimum atomic E-state index is -0.279. The van der Waals surface area contributed by atoms with Crippen molar-refractivity contribution in [2.24, 2.45) is 0 Å². The Morgan fingerprint density at radius 3 is 2.32 bits per heavy atom. The maximum absolute atomic E-state index is 12.5. The van der Waals surface area contributed by atoms with Crippen LogP contribution in [0.15, 0.2) is 94.3 Å². The average Bonchev–Trinajstić information content (AvgIpc) is 3.55. The van der Waals surface area contributed by atoms with E-state index in [2.05, 4.69) is 10.3 Å². The monoisotopic (exact) mass is 550 g/mol. The Balaban J connectivity index is 0.947. The predicted octanol–water partition coefficient (Wildman–Crippen LogP) is 3.99. The molecule has 3 heterocycles. The summed E-state index contributed by atoms with van der Waals surface area (Å²) in [5.41, 5.74) is 2.73. The molecule has 2 amide bonds. The summed E-state index contributed by atoms with van der Waals surface area (Å²) in [4.78, 5) is 38.8. The van der Waals surface area contributed by atoms with Gasteiger partial charge in [0, 0.05) is 36.9 Å². The van der Waals surface area contributed by atoms with Crippen molar-refractivity contribution in [1.82, 2.24) is 19.9 Å². The van der Waals surface area contributed by atoms with E-state index in [9.17, 15) is 14.4 Å². The van der Waals surface area contributed by atoms with E-state index in [0.29, 0.717) is 72.1 Å². The number of amides is 2. The zero-order valence-corrected chi connectivity index (χ0v) is 22.1. The van der Waals surface area contributed by atoms with Crippen LogP contribution in [0, 0.1) is 0 Å². The van der Waals surface area contributed by atoms with Crippen LogP contribution < -0.4 is 10.2 Å². The number of carbonyl (C=O) groups is 2. The molecule has 0 fully saturated rings. The molecule has 3 aromatic carbocycles. The number of rotatable bonds is 11. The van der Waals surface area contributed by atoms with E-state index in [1.807, 2.05) is 30.3 Å². The van der Waals surface area contributed by atoms with Crippen LogP contribution in [0.1, 0.15) is 26.4 Å². The highest BCUT2D eigenvalue weighted by molar-refractivity contribution is 6.21. The van der Waals surface area contributed by atoms with Gasteiger partial charge in [0.2, 0.25) is 0 Å². The third-order valence-corrected chi connectivity index (χ3v) is 6.78. The van der Waals surface area contributed by atoms with Gasteiger partial charge in [0.25, 0.3) is 11.8 Å². The first-order valence-corrected chi connectivity index (χ1v) is 13.2. The highest BCUT2D eigenvalue weighted by Crippen LogP contribution is 2.25. The highest BCUT2D eigenvalue weighted by Gasteiger charge is 2.34. The molecule has 10 nitrogen and oxygen atoms in total. The van der Waals surface area contributed by atoms with Gasteiger partial charge in [-0.25, -0.2) is 4.68 Å². The lowest BCUT2D eigenvalue weighted by Gasteiger charge is -2.12. The lowest BCUT2D eigenvalue weighted by molar-refractivity contribution is 0.0655. The first-order chi connectivity index (χ1) is 20.1. The summed E-state index contributed by atoms with van der Waals surface area (Å²) in [6.45, 7) is 1.80. The number of ether oxygens (including phenoxy) is 2. The molecule has 10 heteroatoms. The smallest absolute Gasteiger partial charge is 0.261 e. The summed E-state index contributed by atoms with van der Waals surface area (Å²) in [6.07, 6.45) is 2.20. The summed E-state index contributed by atoms with van der Waals surface area (Å²) in [5.74, 6) is 0.523. The average molecular weight is 551 g/mol. The van der Waals surface area contributed by atoms with Crippen LogP contribution in [0.4, 0.5) is 0 Å². The molecule has 0 spiro atoms. The fourth-order valence-corrected chi connectivity index (χ4v) is 4.68. The number of hydrogen-bond acceptors (Lipinski definition) is 8. The minimum Gasteiger partial charge on any atom is -0.491 e. The molecule has 6 rings (SSSR count). The van der Waals surface area contributed by atoms with E-state index in [-0.39, 0.29) is 23.8 Å². The number of hydrogen-bond donors (Lipinski definition) is 0. The summed E-state index contributed by atoms with van der Waals surface area (Å²) in [6, 6.07) is 22.9. The van der Waals surface area contributed by atoms with E-state index in [4.69, 9.17) is 13.9 Å². The molecule has 0 saturated carbocycles. The van der Waals surface area contributed by atoms with Gasteiger partial charge in [-0.2, -0.15) is 0 Å². The van der Waals surface area contributed by atoms with Crippen molar-refractivity contribution in [3.8, 4) is 17.1 Å². The summed E-state index contributed by atoms with van der Waals surface area (Å²) < 4.78 is 19.1. The van der Waals surface area contributed by atoms with Gasteiger partial charge in [-0.3, -0.25) is 19.3 Å². The largest absolute Gasteiger partial charge is 0.491 e. The molecule has 1 aliphatic heterocycles. The Morgan fingerprint density at radius 2 is 1.54 bits per heavy atom. The number of aromatic nitrogens is 3. The van der Waals surface area contributed by atoms with Crippen molar-refractivity contribution >= 4 is 22.8 Å². The first-order valence-electron chi connectivity index (χ1n) is 13.2. The number of carbonyl (C=O) groups excluding carboxylic acids is 2. The van der Waals surface area contributed by atoms with Gasteiger partial charge in [-0.1, -0.05) is 47.7 Å². The van der Waals surface area contributed by atoms with Crippen molar-refractivity contribution in [3.63, 3.8) is 0 Å². The molecule has 0 aliphatic carbocycles. The molecule has 2 aromatic heterocycles. The Morgan fingerprint density at radius 1 is 0.780 bits per heavy atom. The summed E-state index contributed by atoms with van der Waals surface area (Å²) in [7, 11) is 0. The molecule has 0 atom stereocenters. The first kappa shape index (κ1) is 26.1. The molecule has 41 heavy (non-hydrogen) atoms. The molecule has 5 aromatic rings. The second-order valence-electron chi connectivity index (χ2n) is 9.49. The van der Waals surface area contributed by atoms with Crippen molar-refractivity contribution in [3.05, 3.63) is 112 Å². The Kier molecular flexibility index (Phi) is 7.38. The van der Waals surface area contributed by atoms with Gasteiger partial charge in [-0.05, 0) is 24.3 Å². The fraction of sp³-hybridized carbons (Fsp3) is 0.194. The normalized spacial score (nSPS) is 12.7. The van der Waals surface area contributed by atoms with Crippen molar-refractivity contribution < 1.29 is 23.5 Å². The lowest BCUT2D eigenvalue weighted by Crippen LogP contribution is -2.31. The van der Waals surface area contributed by atoms with Crippen molar-refractivity contribution in [2.75, 3.05) is 26.4 Å². The third kappa shape index (κ3) is 5.64. The van der Waals surface area contributed by atoms with Gasteiger partial charge < -0.3 is 13.9 Å². The molecule has 0 unspecified atom stereocenters. The summed E-state index contributed by atoms with van der Waals surface area (Å²) in [5, 5.41) is 8.73. The zero-order valence-electron chi connectivity index (χ0n) is 22.1. The van der Waals surface area contributed by atoms with Gasteiger partial charge in [-0.15, -0.1) is 5.10 Å². The molecule has 1 aliphatic rings. The van der Waals surface area contributed by atoms with E-state index in [1.54, 1.807) is 53.3 Å². The number of benzene rings is 3. The molecular formula is C31H26N4O6. The number of fused-ring (bicyclic) bond motifs is 2. The van der Waals surface area contributed by atoms with Gasteiger partial charge in [0.05, 0.1) is 42.0 Å². The molecular weight excluding hydrogens is 524 g/mol. The highest BCUT2D eigenvalue weighted by atomic mass is 16.5. The van der Waals surface area contributed by atoms with Crippen molar-refractivity contribution in [1.29, 1.82) is 0 Å². The molecule has 0 N–H and O–H groups in total.